The molecule has 1 fully saturated rings. The van der Waals surface area contributed by atoms with E-state index in [2.05, 4.69) is 59.5 Å². The molecule has 0 amide bonds. The van der Waals surface area contributed by atoms with E-state index in [1.54, 1.807) is 0 Å². The first-order chi connectivity index (χ1) is 14.8. The van der Waals surface area contributed by atoms with Crippen molar-refractivity contribution in [3.8, 4) is 16.9 Å². The van der Waals surface area contributed by atoms with Crippen LogP contribution in [-0.2, 0) is 6.42 Å². The number of halogens is 1. The van der Waals surface area contributed by atoms with Gasteiger partial charge in [-0.25, -0.2) is 0 Å². The fourth-order valence-corrected chi connectivity index (χ4v) is 4.24. The van der Waals surface area contributed by atoms with Gasteiger partial charge in [-0.2, -0.15) is 0 Å². The third-order valence-corrected chi connectivity index (χ3v) is 5.95. The minimum atomic E-state index is -0.468. The Morgan fingerprint density at radius 1 is 0.806 bits per heavy atom. The molecule has 1 atom stereocenters. The second kappa shape index (κ2) is 11.9. The van der Waals surface area contributed by atoms with Crippen LogP contribution in [0.25, 0.3) is 11.1 Å². The van der Waals surface area contributed by atoms with Gasteiger partial charge in [-0.1, -0.05) is 72.8 Å². The van der Waals surface area contributed by atoms with Crippen LogP contribution in [0.5, 0.6) is 5.75 Å². The van der Waals surface area contributed by atoms with Gasteiger partial charge >= 0.3 is 0 Å². The predicted octanol–water partition coefficient (Wildman–Crippen LogP) is 5.47. The van der Waals surface area contributed by atoms with Crippen molar-refractivity contribution in [2.24, 2.45) is 5.92 Å². The van der Waals surface area contributed by atoms with Gasteiger partial charge in [-0.3, -0.25) is 0 Å². The monoisotopic (exact) mass is 437 g/mol. The molecule has 1 saturated heterocycles. The first-order valence-electron chi connectivity index (χ1n) is 11.0. The highest BCUT2D eigenvalue weighted by molar-refractivity contribution is 5.85. The molecule has 0 aromatic heterocycles. The topological polar surface area (TPSA) is 32.7 Å². The van der Waals surface area contributed by atoms with Crippen LogP contribution in [0.3, 0.4) is 0 Å². The Labute approximate surface area is 192 Å². The van der Waals surface area contributed by atoms with Crippen LogP contribution >= 0.6 is 12.4 Å². The van der Waals surface area contributed by atoms with Gasteiger partial charge in [0.15, 0.2) is 0 Å². The normalized spacial score (nSPS) is 15.8. The van der Waals surface area contributed by atoms with Crippen LogP contribution in [-0.4, -0.2) is 42.4 Å². The van der Waals surface area contributed by atoms with Crippen LogP contribution in [0.15, 0.2) is 84.9 Å². The first-order valence-corrected chi connectivity index (χ1v) is 11.0. The molecular weight excluding hydrogens is 406 g/mol. The largest absolute Gasteiger partial charge is 0.491 e. The number of benzene rings is 3. The van der Waals surface area contributed by atoms with Crippen molar-refractivity contribution in [1.82, 2.24) is 4.90 Å². The van der Waals surface area contributed by atoms with Crippen LogP contribution in [0.4, 0.5) is 0 Å². The number of likely N-dealkylation sites (tertiary alicyclic amines) is 1. The number of aliphatic hydroxyl groups excluding tert-OH is 1. The van der Waals surface area contributed by atoms with Gasteiger partial charge in [-0.05, 0) is 67.1 Å². The summed E-state index contributed by atoms with van der Waals surface area (Å²) in [5, 5.41) is 10.4. The summed E-state index contributed by atoms with van der Waals surface area (Å²) in [6, 6.07) is 29.1. The Bertz CT molecular complexity index is 878. The summed E-state index contributed by atoms with van der Waals surface area (Å²) in [5.41, 5.74) is 3.80. The maximum atomic E-state index is 10.4. The van der Waals surface area contributed by atoms with E-state index < -0.39 is 6.10 Å². The lowest BCUT2D eigenvalue weighted by Gasteiger charge is -2.33. The van der Waals surface area contributed by atoms with Crippen molar-refractivity contribution in [3.05, 3.63) is 90.5 Å². The molecule has 0 bridgehead atoms. The van der Waals surface area contributed by atoms with Gasteiger partial charge in [0.05, 0.1) is 0 Å². The van der Waals surface area contributed by atoms with Gasteiger partial charge in [-0.15, -0.1) is 12.4 Å². The van der Waals surface area contributed by atoms with E-state index in [1.807, 2.05) is 30.3 Å². The van der Waals surface area contributed by atoms with Gasteiger partial charge in [0.1, 0.15) is 18.5 Å². The molecule has 1 aliphatic heterocycles. The van der Waals surface area contributed by atoms with Gasteiger partial charge in [0, 0.05) is 6.54 Å². The zero-order valence-electron chi connectivity index (χ0n) is 17.9. The highest BCUT2D eigenvalue weighted by Gasteiger charge is 2.21. The number of aliphatic hydroxyl groups is 1. The highest BCUT2D eigenvalue weighted by atomic mass is 35.5. The number of rotatable bonds is 8. The second-order valence-corrected chi connectivity index (χ2v) is 8.29. The number of piperidine rings is 1. The van der Waals surface area contributed by atoms with Crippen molar-refractivity contribution in [2.45, 2.75) is 25.4 Å². The first kappa shape index (κ1) is 23.3. The molecule has 1 heterocycles. The third-order valence-electron chi connectivity index (χ3n) is 5.95. The van der Waals surface area contributed by atoms with Crippen molar-refractivity contribution in [3.63, 3.8) is 0 Å². The Morgan fingerprint density at radius 2 is 1.39 bits per heavy atom. The summed E-state index contributed by atoms with van der Waals surface area (Å²) in [6.45, 7) is 3.12. The summed E-state index contributed by atoms with van der Waals surface area (Å²) in [5.74, 6) is 1.55. The van der Waals surface area contributed by atoms with E-state index in [9.17, 15) is 5.11 Å². The molecule has 1 unspecified atom stereocenters. The molecule has 0 saturated carbocycles. The fraction of sp³-hybridized carbons (Fsp3) is 0.333. The molecule has 0 radical (unpaired) electrons. The number of β-amino-alcohol motifs (C(OH)–C–C–N with tert-alkyl or cyclic N) is 1. The Balaban J connectivity index is 0.00000272. The molecule has 1 N–H and O–H groups in total. The van der Waals surface area contributed by atoms with Crippen molar-refractivity contribution in [1.29, 1.82) is 0 Å². The van der Waals surface area contributed by atoms with Gasteiger partial charge < -0.3 is 14.7 Å². The lowest BCUT2D eigenvalue weighted by atomic mass is 9.90. The smallest absolute Gasteiger partial charge is 0.119 e. The molecule has 3 nitrogen and oxygen atoms in total. The molecule has 3 aromatic rings. The Hall–Kier alpha value is -2.33. The molecular formula is C27H32ClNO2. The summed E-state index contributed by atoms with van der Waals surface area (Å²) < 4.78 is 5.82. The predicted molar refractivity (Wildman–Crippen MR) is 130 cm³/mol. The van der Waals surface area contributed by atoms with Crippen LogP contribution in [0, 0.1) is 5.92 Å². The molecule has 4 rings (SSSR count). The number of hydrogen-bond acceptors (Lipinski definition) is 3. The maximum Gasteiger partial charge on any atom is 0.119 e. The maximum absolute atomic E-state index is 10.4. The highest BCUT2D eigenvalue weighted by Crippen LogP contribution is 2.23. The van der Waals surface area contributed by atoms with Crippen molar-refractivity contribution >= 4 is 12.4 Å². The molecule has 0 aliphatic carbocycles. The fourth-order valence-electron chi connectivity index (χ4n) is 4.24. The van der Waals surface area contributed by atoms with Crippen LogP contribution in [0.2, 0.25) is 0 Å². The number of ether oxygens (including phenoxy) is 1. The van der Waals surface area contributed by atoms with E-state index >= 15 is 0 Å². The minimum absolute atomic E-state index is 0. The zero-order valence-corrected chi connectivity index (χ0v) is 18.7. The van der Waals surface area contributed by atoms with Crippen LogP contribution in [0.1, 0.15) is 18.4 Å². The number of nitrogens with zero attached hydrogens (tertiary/aromatic N) is 1. The average Bonchev–Trinajstić information content (AvgIpc) is 2.81. The number of hydrogen-bond donors (Lipinski definition) is 1. The SMILES string of the molecule is Cl.OC(COc1ccc(-c2ccccc2)cc1)CN1CCC(Cc2ccccc2)CC1. The minimum Gasteiger partial charge on any atom is -0.491 e. The van der Waals surface area contributed by atoms with Crippen molar-refractivity contribution in [2.75, 3.05) is 26.2 Å². The molecule has 31 heavy (non-hydrogen) atoms. The van der Waals surface area contributed by atoms with E-state index in [0.29, 0.717) is 13.2 Å². The molecule has 3 aromatic carbocycles. The summed E-state index contributed by atoms with van der Waals surface area (Å²) in [7, 11) is 0. The van der Waals surface area contributed by atoms with E-state index in [1.165, 1.54) is 36.0 Å². The molecule has 1 aliphatic rings. The lowest BCUT2D eigenvalue weighted by Crippen LogP contribution is -2.41. The standard InChI is InChI=1S/C27H31NO2.ClH/c29-26(20-28-17-15-23(16-18-28)19-22-7-3-1-4-8-22)21-30-27-13-11-25(12-14-27)24-9-5-2-6-10-24;/h1-14,23,26,29H,15-21H2;1H. The van der Waals surface area contributed by atoms with Gasteiger partial charge in [0.25, 0.3) is 0 Å². The average molecular weight is 438 g/mol. The van der Waals surface area contributed by atoms with Gasteiger partial charge in [0.2, 0.25) is 0 Å². The Kier molecular flexibility index (Phi) is 8.96. The van der Waals surface area contributed by atoms with E-state index in [-0.39, 0.29) is 12.4 Å². The Morgan fingerprint density at radius 3 is 2.03 bits per heavy atom. The third kappa shape index (κ3) is 7.10. The molecule has 4 heteroatoms. The molecule has 0 spiro atoms. The summed E-state index contributed by atoms with van der Waals surface area (Å²) in [6.07, 6.45) is 3.09. The quantitative estimate of drug-likeness (QED) is 0.507. The van der Waals surface area contributed by atoms with E-state index in [0.717, 1.165) is 24.8 Å². The summed E-state index contributed by atoms with van der Waals surface area (Å²) >= 11 is 0. The zero-order chi connectivity index (χ0) is 20.6. The van der Waals surface area contributed by atoms with E-state index in [4.69, 9.17) is 4.74 Å². The molecule has 164 valence electrons. The van der Waals surface area contributed by atoms with Crippen LogP contribution < -0.4 is 4.74 Å². The lowest BCUT2D eigenvalue weighted by molar-refractivity contribution is 0.0550. The van der Waals surface area contributed by atoms with Crippen molar-refractivity contribution < 1.29 is 9.84 Å². The summed E-state index contributed by atoms with van der Waals surface area (Å²) in [4.78, 5) is 2.37. The second-order valence-electron chi connectivity index (χ2n) is 8.29.